The Bertz CT molecular complexity index is 793. The Morgan fingerprint density at radius 1 is 1.04 bits per heavy atom. The summed E-state index contributed by atoms with van der Waals surface area (Å²) in [5, 5.41) is 9.11. The molecule has 25 heavy (non-hydrogen) atoms. The first-order valence-corrected chi connectivity index (χ1v) is 8.46. The maximum absolute atomic E-state index is 12.4. The fourth-order valence-electron chi connectivity index (χ4n) is 2.71. The number of hydrogen-bond donors (Lipinski definition) is 2. The molecule has 0 spiro atoms. The molecule has 0 radical (unpaired) electrons. The molecule has 0 bridgehead atoms. The minimum atomic E-state index is -1.14. The molecule has 2 aromatic carbocycles. The van der Waals surface area contributed by atoms with Crippen LogP contribution in [0.25, 0.3) is 6.08 Å². The summed E-state index contributed by atoms with van der Waals surface area (Å²) in [5.74, 6) is -1.44. The van der Waals surface area contributed by atoms with E-state index in [0.717, 1.165) is 24.8 Å². The van der Waals surface area contributed by atoms with Gasteiger partial charge in [0.15, 0.2) is 5.78 Å². The predicted molar refractivity (Wildman–Crippen MR) is 101 cm³/mol. The van der Waals surface area contributed by atoms with Crippen LogP contribution < -0.4 is 5.73 Å². The summed E-state index contributed by atoms with van der Waals surface area (Å²) in [6.07, 6.45) is 7.65. The van der Waals surface area contributed by atoms with E-state index in [4.69, 9.17) is 10.8 Å². The highest BCUT2D eigenvalue weighted by atomic mass is 16.4. The van der Waals surface area contributed by atoms with Crippen LogP contribution in [0.3, 0.4) is 0 Å². The molecule has 0 amide bonds. The van der Waals surface area contributed by atoms with Crippen molar-refractivity contribution in [2.45, 2.75) is 32.6 Å². The Morgan fingerprint density at radius 2 is 1.76 bits per heavy atom. The minimum absolute atomic E-state index is 0.000816. The second-order valence-electron chi connectivity index (χ2n) is 5.93. The van der Waals surface area contributed by atoms with E-state index in [1.54, 1.807) is 12.1 Å². The Morgan fingerprint density at radius 3 is 2.48 bits per heavy atom. The lowest BCUT2D eigenvalue weighted by Crippen LogP contribution is -2.08. The quantitative estimate of drug-likeness (QED) is 0.319. The average molecular weight is 337 g/mol. The van der Waals surface area contributed by atoms with Crippen molar-refractivity contribution in [3.8, 4) is 0 Å². The molecule has 0 aliphatic rings. The molecule has 2 aromatic rings. The number of benzene rings is 2. The second-order valence-corrected chi connectivity index (χ2v) is 5.93. The number of allylic oxidation sites excluding steroid dienone is 1. The first-order chi connectivity index (χ1) is 12.0. The van der Waals surface area contributed by atoms with E-state index in [0.29, 0.717) is 0 Å². The average Bonchev–Trinajstić information content (AvgIpc) is 2.60. The number of rotatable bonds is 8. The van der Waals surface area contributed by atoms with Gasteiger partial charge in [0.25, 0.3) is 0 Å². The van der Waals surface area contributed by atoms with Crippen molar-refractivity contribution in [1.29, 1.82) is 0 Å². The SMILES string of the molecule is CCCCCc1ccccc1C=CC(=O)c1cccc(C(=O)O)c1N. The molecule has 0 aliphatic carbocycles. The molecule has 2 rings (SSSR count). The lowest BCUT2D eigenvalue weighted by atomic mass is 9.99. The third-order valence-electron chi connectivity index (χ3n) is 4.12. The van der Waals surface area contributed by atoms with Crippen LogP contribution >= 0.6 is 0 Å². The molecule has 0 saturated carbocycles. The van der Waals surface area contributed by atoms with Gasteiger partial charge in [-0.1, -0.05) is 56.2 Å². The Labute approximate surface area is 148 Å². The summed E-state index contributed by atoms with van der Waals surface area (Å²) in [6, 6.07) is 12.4. The molecule has 4 heteroatoms. The summed E-state index contributed by atoms with van der Waals surface area (Å²) in [4.78, 5) is 23.6. The number of aromatic carboxylic acids is 1. The number of nitrogens with two attached hydrogens (primary N) is 1. The molecule has 0 heterocycles. The molecular weight excluding hydrogens is 314 g/mol. The number of ketones is 1. The number of carbonyl (C=O) groups is 2. The first-order valence-electron chi connectivity index (χ1n) is 8.46. The number of anilines is 1. The Hall–Kier alpha value is -2.88. The lowest BCUT2D eigenvalue weighted by molar-refractivity contribution is 0.0698. The zero-order valence-electron chi connectivity index (χ0n) is 14.4. The van der Waals surface area contributed by atoms with Crippen LogP contribution in [-0.4, -0.2) is 16.9 Å². The van der Waals surface area contributed by atoms with Gasteiger partial charge in [0, 0.05) is 5.56 Å². The Kier molecular flexibility index (Phi) is 6.52. The topological polar surface area (TPSA) is 80.4 Å². The van der Waals surface area contributed by atoms with Gasteiger partial charge in [0.05, 0.1) is 11.3 Å². The van der Waals surface area contributed by atoms with E-state index in [-0.39, 0.29) is 22.6 Å². The lowest BCUT2D eigenvalue weighted by Gasteiger charge is -2.07. The zero-order chi connectivity index (χ0) is 18.2. The molecule has 130 valence electrons. The van der Waals surface area contributed by atoms with Crippen LogP contribution in [0.1, 0.15) is 58.0 Å². The largest absolute Gasteiger partial charge is 0.478 e. The van der Waals surface area contributed by atoms with Crippen molar-refractivity contribution < 1.29 is 14.7 Å². The molecule has 0 aliphatic heterocycles. The van der Waals surface area contributed by atoms with Crippen molar-refractivity contribution >= 4 is 23.5 Å². The van der Waals surface area contributed by atoms with Crippen molar-refractivity contribution in [2.75, 3.05) is 5.73 Å². The number of carboxylic acid groups (broad SMARTS) is 1. The third kappa shape index (κ3) is 4.80. The number of hydrogen-bond acceptors (Lipinski definition) is 3. The van der Waals surface area contributed by atoms with Crippen LogP contribution in [-0.2, 0) is 6.42 Å². The number of para-hydroxylation sites is 1. The molecule has 0 atom stereocenters. The van der Waals surface area contributed by atoms with E-state index in [2.05, 4.69) is 13.0 Å². The normalized spacial score (nSPS) is 10.9. The number of carbonyl (C=O) groups excluding carboxylic acids is 1. The van der Waals surface area contributed by atoms with E-state index < -0.39 is 5.97 Å². The number of unbranched alkanes of at least 4 members (excludes halogenated alkanes) is 2. The van der Waals surface area contributed by atoms with Gasteiger partial charge in [-0.2, -0.15) is 0 Å². The van der Waals surface area contributed by atoms with Gasteiger partial charge in [0.1, 0.15) is 0 Å². The van der Waals surface area contributed by atoms with Gasteiger partial charge in [-0.15, -0.1) is 0 Å². The fourth-order valence-corrected chi connectivity index (χ4v) is 2.71. The van der Waals surface area contributed by atoms with Crippen molar-refractivity contribution in [3.63, 3.8) is 0 Å². The maximum atomic E-state index is 12.4. The number of nitrogen functional groups attached to an aromatic ring is 1. The monoisotopic (exact) mass is 337 g/mol. The van der Waals surface area contributed by atoms with E-state index in [1.807, 2.05) is 18.2 Å². The minimum Gasteiger partial charge on any atom is -0.478 e. The zero-order valence-corrected chi connectivity index (χ0v) is 14.4. The smallest absolute Gasteiger partial charge is 0.337 e. The molecule has 0 fully saturated rings. The summed E-state index contributed by atoms with van der Waals surface area (Å²) >= 11 is 0. The van der Waals surface area contributed by atoms with E-state index in [1.165, 1.54) is 30.2 Å². The van der Waals surface area contributed by atoms with Crippen LogP contribution in [0.15, 0.2) is 48.5 Å². The van der Waals surface area contributed by atoms with Gasteiger partial charge in [-0.05, 0) is 42.2 Å². The third-order valence-corrected chi connectivity index (χ3v) is 4.12. The van der Waals surface area contributed by atoms with Gasteiger partial charge >= 0.3 is 5.97 Å². The van der Waals surface area contributed by atoms with E-state index >= 15 is 0 Å². The van der Waals surface area contributed by atoms with Gasteiger partial charge in [0.2, 0.25) is 0 Å². The van der Waals surface area contributed by atoms with Crippen molar-refractivity contribution in [2.24, 2.45) is 0 Å². The maximum Gasteiger partial charge on any atom is 0.337 e. The number of carboxylic acids is 1. The van der Waals surface area contributed by atoms with Crippen molar-refractivity contribution in [3.05, 3.63) is 70.8 Å². The number of aryl methyl sites for hydroxylation is 1. The van der Waals surface area contributed by atoms with Gasteiger partial charge in [-0.25, -0.2) is 4.79 Å². The summed E-state index contributed by atoms with van der Waals surface area (Å²) in [6.45, 7) is 2.17. The van der Waals surface area contributed by atoms with Crippen LogP contribution in [0.4, 0.5) is 5.69 Å². The van der Waals surface area contributed by atoms with Gasteiger partial charge in [-0.3, -0.25) is 4.79 Å². The first kappa shape index (κ1) is 18.5. The van der Waals surface area contributed by atoms with Crippen LogP contribution in [0.2, 0.25) is 0 Å². The Balaban J connectivity index is 2.21. The highest BCUT2D eigenvalue weighted by Crippen LogP contribution is 2.20. The van der Waals surface area contributed by atoms with E-state index in [9.17, 15) is 9.59 Å². The molecule has 3 N–H and O–H groups in total. The summed E-state index contributed by atoms with van der Waals surface area (Å²) < 4.78 is 0. The predicted octanol–water partition coefficient (Wildman–Crippen LogP) is 4.60. The summed E-state index contributed by atoms with van der Waals surface area (Å²) in [5.41, 5.74) is 8.18. The molecular formula is C21H23NO3. The second kappa shape index (κ2) is 8.83. The fraction of sp³-hybridized carbons (Fsp3) is 0.238. The van der Waals surface area contributed by atoms with Crippen LogP contribution in [0.5, 0.6) is 0 Å². The highest BCUT2D eigenvalue weighted by Gasteiger charge is 2.14. The molecule has 0 saturated heterocycles. The van der Waals surface area contributed by atoms with Crippen molar-refractivity contribution in [1.82, 2.24) is 0 Å². The standard InChI is InChI=1S/C21H23NO3/c1-2-3-4-8-15-9-5-6-10-16(15)13-14-19(23)17-11-7-12-18(20(17)22)21(24)25/h5-7,9-14H,2-4,8,22H2,1H3,(H,24,25). The molecule has 0 unspecified atom stereocenters. The molecule has 0 aromatic heterocycles. The van der Waals surface area contributed by atoms with Gasteiger partial charge < -0.3 is 10.8 Å². The molecule has 4 nitrogen and oxygen atoms in total. The van der Waals surface area contributed by atoms with Crippen LogP contribution in [0, 0.1) is 0 Å². The summed E-state index contributed by atoms with van der Waals surface area (Å²) in [7, 11) is 0. The highest BCUT2D eigenvalue weighted by molar-refractivity contribution is 6.12.